The summed E-state index contributed by atoms with van der Waals surface area (Å²) in [6.45, 7) is 2.46. The van der Waals surface area contributed by atoms with E-state index in [2.05, 4.69) is 0 Å². The predicted molar refractivity (Wildman–Crippen MR) is 121 cm³/mol. The number of sulfonamides is 1. The fourth-order valence-electron chi connectivity index (χ4n) is 3.93. The van der Waals surface area contributed by atoms with Gasteiger partial charge in [-0.15, -0.1) is 0 Å². The molecular formula is C23H23N3O5S. The third-order valence-electron chi connectivity index (χ3n) is 5.76. The second-order valence-corrected chi connectivity index (χ2v) is 9.76. The zero-order valence-electron chi connectivity index (χ0n) is 17.6. The quantitative estimate of drug-likeness (QED) is 0.436. The second-order valence-electron chi connectivity index (χ2n) is 7.85. The van der Waals surface area contributed by atoms with Crippen LogP contribution in [0.4, 0.5) is 5.69 Å². The molecule has 0 unspecified atom stereocenters. The maximum Gasteiger partial charge on any atom is 0.270 e. The van der Waals surface area contributed by atoms with Crippen molar-refractivity contribution < 1.29 is 18.1 Å². The zero-order chi connectivity index (χ0) is 22.9. The van der Waals surface area contributed by atoms with Crippen LogP contribution in [0.15, 0.2) is 65.6 Å². The molecule has 166 valence electrons. The Morgan fingerprint density at radius 1 is 0.969 bits per heavy atom. The van der Waals surface area contributed by atoms with Crippen LogP contribution in [-0.2, 0) is 21.2 Å². The molecule has 0 N–H and O–H groups in total. The van der Waals surface area contributed by atoms with Gasteiger partial charge in [-0.05, 0) is 28.8 Å². The summed E-state index contributed by atoms with van der Waals surface area (Å²) in [6, 6.07) is 17.7. The van der Waals surface area contributed by atoms with Crippen LogP contribution in [0.3, 0.4) is 0 Å². The fourth-order valence-corrected chi connectivity index (χ4v) is 5.60. The highest BCUT2D eigenvalue weighted by molar-refractivity contribution is 7.89. The lowest BCUT2D eigenvalue weighted by Gasteiger charge is -2.34. The standard InChI is InChI=1S/C23H23N3O5S/c1-17-6-9-21(26(28)29)16-22(17)32(30,31)25-12-10-24(11-13-25)23(27)15-18-7-8-19-4-2-3-5-20(19)14-18/h2-9,14,16H,10-13,15H2,1H3. The first-order valence-corrected chi connectivity index (χ1v) is 11.7. The lowest BCUT2D eigenvalue weighted by Crippen LogP contribution is -2.50. The number of piperazine rings is 1. The van der Waals surface area contributed by atoms with Gasteiger partial charge >= 0.3 is 0 Å². The van der Waals surface area contributed by atoms with Crippen LogP contribution in [0, 0.1) is 17.0 Å². The normalized spacial score (nSPS) is 15.1. The zero-order valence-corrected chi connectivity index (χ0v) is 18.4. The van der Waals surface area contributed by atoms with Crippen LogP contribution >= 0.6 is 0 Å². The molecule has 8 nitrogen and oxygen atoms in total. The van der Waals surface area contributed by atoms with E-state index >= 15 is 0 Å². The van der Waals surface area contributed by atoms with Crippen LogP contribution < -0.4 is 0 Å². The number of fused-ring (bicyclic) bond motifs is 1. The molecule has 0 spiro atoms. The van der Waals surface area contributed by atoms with Crippen molar-refractivity contribution in [2.24, 2.45) is 0 Å². The van der Waals surface area contributed by atoms with E-state index in [9.17, 15) is 23.3 Å². The van der Waals surface area contributed by atoms with Crippen molar-refractivity contribution in [2.75, 3.05) is 26.2 Å². The molecule has 32 heavy (non-hydrogen) atoms. The van der Waals surface area contributed by atoms with Crippen molar-refractivity contribution in [1.29, 1.82) is 0 Å². The molecular weight excluding hydrogens is 430 g/mol. The topological polar surface area (TPSA) is 101 Å². The van der Waals surface area contributed by atoms with E-state index in [0.717, 1.165) is 22.4 Å². The molecule has 0 radical (unpaired) electrons. The Labute approximate surface area is 186 Å². The number of nitro benzene ring substituents is 1. The molecule has 1 aliphatic heterocycles. The number of carbonyl (C=O) groups excluding carboxylic acids is 1. The Balaban J connectivity index is 1.43. The summed E-state index contributed by atoms with van der Waals surface area (Å²) in [5, 5.41) is 13.2. The highest BCUT2D eigenvalue weighted by Gasteiger charge is 2.32. The molecule has 0 aromatic heterocycles. The maximum atomic E-state index is 13.1. The lowest BCUT2D eigenvalue weighted by molar-refractivity contribution is -0.385. The summed E-state index contributed by atoms with van der Waals surface area (Å²) in [6.07, 6.45) is 0.252. The number of nitrogens with zero attached hydrogens (tertiary/aromatic N) is 3. The van der Waals surface area contributed by atoms with E-state index < -0.39 is 14.9 Å². The number of hydrogen-bond acceptors (Lipinski definition) is 5. The summed E-state index contributed by atoms with van der Waals surface area (Å²) < 4.78 is 27.4. The minimum Gasteiger partial charge on any atom is -0.340 e. The summed E-state index contributed by atoms with van der Waals surface area (Å²) in [7, 11) is -3.89. The monoisotopic (exact) mass is 453 g/mol. The molecule has 1 amide bonds. The summed E-state index contributed by atoms with van der Waals surface area (Å²) in [5.41, 5.74) is 1.10. The largest absolute Gasteiger partial charge is 0.340 e. The van der Waals surface area contributed by atoms with Gasteiger partial charge in [0, 0.05) is 38.3 Å². The Bertz CT molecular complexity index is 1300. The molecule has 1 aliphatic rings. The van der Waals surface area contributed by atoms with Gasteiger partial charge in [0.1, 0.15) is 0 Å². The van der Waals surface area contributed by atoms with E-state index in [-0.39, 0.29) is 49.1 Å². The number of carbonyl (C=O) groups is 1. The minimum absolute atomic E-state index is 0.0520. The van der Waals surface area contributed by atoms with Crippen LogP contribution in [-0.4, -0.2) is 54.6 Å². The summed E-state index contributed by atoms with van der Waals surface area (Å²) in [4.78, 5) is 24.8. The summed E-state index contributed by atoms with van der Waals surface area (Å²) >= 11 is 0. The molecule has 9 heteroatoms. The predicted octanol–water partition coefficient (Wildman–Crippen LogP) is 3.13. The Kier molecular flexibility index (Phi) is 5.94. The fraction of sp³-hybridized carbons (Fsp3) is 0.261. The van der Waals surface area contributed by atoms with Gasteiger partial charge in [-0.3, -0.25) is 14.9 Å². The molecule has 4 rings (SSSR count). The van der Waals surface area contributed by atoms with Crippen molar-refractivity contribution in [2.45, 2.75) is 18.2 Å². The van der Waals surface area contributed by atoms with Crippen molar-refractivity contribution >= 4 is 32.4 Å². The first kappa shape index (κ1) is 21.9. The van der Waals surface area contributed by atoms with E-state index in [1.807, 2.05) is 42.5 Å². The molecule has 3 aromatic rings. The Morgan fingerprint density at radius 2 is 1.66 bits per heavy atom. The highest BCUT2D eigenvalue weighted by Crippen LogP contribution is 2.26. The number of amides is 1. The molecule has 1 fully saturated rings. The Hall–Kier alpha value is -3.30. The van der Waals surface area contributed by atoms with E-state index in [1.165, 1.54) is 16.4 Å². The minimum atomic E-state index is -3.89. The van der Waals surface area contributed by atoms with Crippen molar-refractivity contribution in [3.63, 3.8) is 0 Å². The summed E-state index contributed by atoms with van der Waals surface area (Å²) in [5.74, 6) is -0.0520. The molecule has 0 aliphatic carbocycles. The van der Waals surface area contributed by atoms with E-state index in [4.69, 9.17) is 0 Å². The number of hydrogen-bond donors (Lipinski definition) is 0. The van der Waals surface area contributed by atoms with E-state index in [0.29, 0.717) is 5.56 Å². The van der Waals surface area contributed by atoms with Gasteiger partial charge in [0.25, 0.3) is 5.69 Å². The number of aryl methyl sites for hydroxylation is 1. The lowest BCUT2D eigenvalue weighted by atomic mass is 10.0. The van der Waals surface area contributed by atoms with Crippen LogP contribution in [0.1, 0.15) is 11.1 Å². The van der Waals surface area contributed by atoms with Gasteiger partial charge in [-0.2, -0.15) is 4.31 Å². The first-order valence-electron chi connectivity index (χ1n) is 10.3. The molecule has 1 heterocycles. The SMILES string of the molecule is Cc1ccc([N+](=O)[O-])cc1S(=O)(=O)N1CCN(C(=O)Cc2ccc3ccccc3c2)CC1. The van der Waals surface area contributed by atoms with Gasteiger partial charge in [0.05, 0.1) is 16.2 Å². The van der Waals surface area contributed by atoms with Gasteiger partial charge < -0.3 is 4.90 Å². The van der Waals surface area contributed by atoms with Gasteiger partial charge in [0.15, 0.2) is 0 Å². The molecule has 3 aromatic carbocycles. The van der Waals surface area contributed by atoms with Crippen LogP contribution in [0.5, 0.6) is 0 Å². The smallest absolute Gasteiger partial charge is 0.270 e. The van der Waals surface area contributed by atoms with Crippen LogP contribution in [0.25, 0.3) is 10.8 Å². The van der Waals surface area contributed by atoms with E-state index in [1.54, 1.807) is 11.8 Å². The van der Waals surface area contributed by atoms with Crippen molar-refractivity contribution in [3.8, 4) is 0 Å². The van der Waals surface area contributed by atoms with Crippen LogP contribution in [0.2, 0.25) is 0 Å². The third-order valence-corrected chi connectivity index (χ3v) is 7.80. The van der Waals surface area contributed by atoms with Gasteiger partial charge in [-0.1, -0.05) is 48.5 Å². The average molecular weight is 454 g/mol. The third kappa shape index (κ3) is 4.35. The Morgan fingerprint density at radius 3 is 2.34 bits per heavy atom. The number of nitro groups is 1. The highest BCUT2D eigenvalue weighted by atomic mass is 32.2. The molecule has 0 saturated carbocycles. The van der Waals surface area contributed by atoms with Crippen molar-refractivity contribution in [3.05, 3.63) is 81.9 Å². The molecule has 0 atom stereocenters. The number of non-ortho nitro benzene ring substituents is 1. The molecule has 0 bridgehead atoms. The maximum absolute atomic E-state index is 13.1. The molecule has 1 saturated heterocycles. The van der Waals surface area contributed by atoms with Gasteiger partial charge in [-0.25, -0.2) is 8.42 Å². The number of rotatable bonds is 5. The van der Waals surface area contributed by atoms with Crippen molar-refractivity contribution in [1.82, 2.24) is 9.21 Å². The number of benzene rings is 3. The van der Waals surface area contributed by atoms with Gasteiger partial charge in [0.2, 0.25) is 15.9 Å². The second kappa shape index (κ2) is 8.68. The average Bonchev–Trinajstić information content (AvgIpc) is 2.79. The first-order chi connectivity index (χ1) is 15.3.